The summed E-state index contributed by atoms with van der Waals surface area (Å²) in [5.74, 6) is 1.04. The van der Waals surface area contributed by atoms with Gasteiger partial charge in [-0.2, -0.15) is 0 Å². The molecule has 0 amide bonds. The fourth-order valence-electron chi connectivity index (χ4n) is 12.9. The lowest BCUT2D eigenvalue weighted by Gasteiger charge is -2.21. The van der Waals surface area contributed by atoms with Gasteiger partial charge in [-0.05, 0) is 49.4 Å². The van der Waals surface area contributed by atoms with Gasteiger partial charge in [-0.1, -0.05) is 383 Å². The molecule has 0 spiro atoms. The van der Waals surface area contributed by atoms with Crippen molar-refractivity contribution in [2.75, 3.05) is 39.6 Å². The minimum Gasteiger partial charge on any atom is -0.462 e. The number of rotatable bonds is 81. The van der Waals surface area contributed by atoms with Gasteiger partial charge in [0.15, 0.2) is 12.2 Å². The van der Waals surface area contributed by atoms with E-state index in [0.29, 0.717) is 31.6 Å². The molecule has 612 valence electrons. The average Bonchev–Trinajstić information content (AvgIpc) is 0.939. The fraction of sp³-hybridized carbons (Fsp3) is 0.952. The Balaban J connectivity index is 5.24. The van der Waals surface area contributed by atoms with Crippen LogP contribution in [0.3, 0.4) is 0 Å². The van der Waals surface area contributed by atoms with Crippen molar-refractivity contribution in [1.29, 1.82) is 0 Å². The van der Waals surface area contributed by atoms with E-state index in [9.17, 15) is 43.2 Å². The van der Waals surface area contributed by atoms with Crippen LogP contribution >= 0.6 is 15.6 Å². The van der Waals surface area contributed by atoms with Gasteiger partial charge in [-0.25, -0.2) is 9.13 Å². The predicted octanol–water partition coefficient (Wildman–Crippen LogP) is 25.2. The molecule has 4 unspecified atom stereocenters. The molecule has 17 nitrogen and oxygen atoms in total. The van der Waals surface area contributed by atoms with E-state index in [4.69, 9.17) is 37.0 Å². The van der Waals surface area contributed by atoms with Crippen molar-refractivity contribution in [2.24, 2.45) is 23.7 Å². The second-order valence-corrected chi connectivity index (χ2v) is 34.8. The molecule has 0 rings (SSSR count). The number of hydrogen-bond acceptors (Lipinski definition) is 15. The molecule has 0 fully saturated rings. The molecule has 0 saturated heterocycles. The summed E-state index contributed by atoms with van der Waals surface area (Å²) in [7, 11) is -9.93. The van der Waals surface area contributed by atoms with Crippen molar-refractivity contribution >= 4 is 39.5 Å². The number of unbranched alkanes of at least 4 members (excludes halogenated alkanes) is 46. The second-order valence-electron chi connectivity index (χ2n) is 31.9. The molecule has 0 aliphatic rings. The first-order valence-corrected chi connectivity index (χ1v) is 46.2. The zero-order valence-electron chi connectivity index (χ0n) is 68.0. The summed E-state index contributed by atoms with van der Waals surface area (Å²) >= 11 is 0. The third-order valence-electron chi connectivity index (χ3n) is 19.9. The van der Waals surface area contributed by atoms with Gasteiger partial charge >= 0.3 is 39.5 Å². The molecule has 6 atom stereocenters. The highest BCUT2D eigenvalue weighted by Crippen LogP contribution is 2.45. The Labute approximate surface area is 632 Å². The maximum atomic E-state index is 13.1. The number of aliphatic hydroxyl groups excluding tert-OH is 1. The lowest BCUT2D eigenvalue weighted by Crippen LogP contribution is -2.30. The van der Waals surface area contributed by atoms with Crippen molar-refractivity contribution in [3.8, 4) is 0 Å². The Kier molecular flexibility index (Phi) is 71.5. The highest BCUT2D eigenvalue weighted by Gasteiger charge is 2.30. The normalized spacial score (nSPS) is 14.2. The van der Waals surface area contributed by atoms with Gasteiger partial charge in [0.2, 0.25) is 0 Å². The van der Waals surface area contributed by atoms with Crippen molar-refractivity contribution in [3.63, 3.8) is 0 Å². The van der Waals surface area contributed by atoms with Gasteiger partial charge in [0, 0.05) is 25.7 Å². The Morgan fingerprint density at radius 2 is 0.466 bits per heavy atom. The standard InChI is InChI=1S/C84H164O17P2/c1-9-77(8)63-55-47-39-31-25-19-14-15-21-28-34-42-51-59-67-83(88)100-79(70-94-81(86)64-56-48-40-32-26-22-16-18-24-30-37-45-53-61-75(4)5)72-98-102(90,91)96-68-78(85)69-97-103(92,93)99-73-80(71-95-82(87)65-57-49-43-35-38-46-54-62-76(6)7)101-84(89)66-58-50-41-33-27-20-13-11-10-12-17-23-29-36-44-52-60-74(2)3/h74-80,85H,9-73H2,1-8H3,(H,90,91)(H,92,93)/t77?,78?,79-,80-/m1/s1. The first kappa shape index (κ1) is 101. The Morgan fingerprint density at radius 1 is 0.272 bits per heavy atom. The maximum Gasteiger partial charge on any atom is 0.472 e. The van der Waals surface area contributed by atoms with Crippen LogP contribution in [0.2, 0.25) is 0 Å². The van der Waals surface area contributed by atoms with E-state index in [1.165, 1.54) is 231 Å². The van der Waals surface area contributed by atoms with E-state index in [-0.39, 0.29) is 25.7 Å². The minimum absolute atomic E-state index is 0.107. The van der Waals surface area contributed by atoms with Gasteiger partial charge in [-0.3, -0.25) is 37.3 Å². The molecule has 0 radical (unpaired) electrons. The van der Waals surface area contributed by atoms with Gasteiger partial charge in [0.05, 0.1) is 26.4 Å². The molecule has 19 heteroatoms. The van der Waals surface area contributed by atoms with E-state index in [2.05, 4.69) is 55.4 Å². The SMILES string of the molecule is CCC(C)CCCCCCCCCCCCCCCCC(=O)O[C@H](COC(=O)CCCCCCCCCCCCCCCC(C)C)COP(=O)(O)OCC(O)COP(=O)(O)OC[C@@H](COC(=O)CCCCCCCCCC(C)C)OC(=O)CCCCCCCCCCCCCCCCCCC(C)C. The molecule has 0 aromatic carbocycles. The number of hydrogen-bond donors (Lipinski definition) is 3. The number of carbonyl (C=O) groups is 4. The number of esters is 4. The summed E-state index contributed by atoms with van der Waals surface area (Å²) < 4.78 is 68.8. The molecule has 0 bridgehead atoms. The van der Waals surface area contributed by atoms with Gasteiger partial charge < -0.3 is 33.8 Å². The van der Waals surface area contributed by atoms with Crippen LogP contribution in [0.25, 0.3) is 0 Å². The third kappa shape index (κ3) is 76.6. The molecule has 0 aliphatic carbocycles. The topological polar surface area (TPSA) is 237 Å². The average molecular weight is 1510 g/mol. The van der Waals surface area contributed by atoms with Gasteiger partial charge in [0.1, 0.15) is 19.3 Å². The molecule has 0 aromatic rings. The van der Waals surface area contributed by atoms with Crippen LogP contribution in [0.15, 0.2) is 0 Å². The van der Waals surface area contributed by atoms with Gasteiger partial charge in [0.25, 0.3) is 0 Å². The van der Waals surface area contributed by atoms with Crippen molar-refractivity contribution in [1.82, 2.24) is 0 Å². The van der Waals surface area contributed by atoms with Crippen LogP contribution in [-0.4, -0.2) is 96.7 Å². The van der Waals surface area contributed by atoms with Crippen molar-refractivity contribution in [2.45, 2.75) is 453 Å². The first-order chi connectivity index (χ1) is 49.6. The quantitative estimate of drug-likeness (QED) is 0.0222. The van der Waals surface area contributed by atoms with E-state index >= 15 is 0 Å². The third-order valence-corrected chi connectivity index (χ3v) is 21.8. The van der Waals surface area contributed by atoms with E-state index < -0.39 is 97.5 Å². The van der Waals surface area contributed by atoms with Crippen molar-refractivity contribution < 1.29 is 80.2 Å². The van der Waals surface area contributed by atoms with Crippen LogP contribution in [0.1, 0.15) is 434 Å². The zero-order chi connectivity index (χ0) is 76.0. The molecular formula is C84H164O17P2. The summed E-state index contributed by atoms with van der Waals surface area (Å²) in [6.07, 6.45) is 61.1. The summed E-state index contributed by atoms with van der Waals surface area (Å²) in [5, 5.41) is 10.7. The van der Waals surface area contributed by atoms with Crippen LogP contribution in [-0.2, 0) is 65.4 Å². The molecule has 0 aliphatic heterocycles. The molecule has 0 aromatic heterocycles. The minimum atomic E-state index is -4.96. The van der Waals surface area contributed by atoms with Crippen LogP contribution in [0.4, 0.5) is 0 Å². The summed E-state index contributed by atoms with van der Waals surface area (Å²) in [6, 6.07) is 0. The van der Waals surface area contributed by atoms with Crippen LogP contribution < -0.4 is 0 Å². The smallest absolute Gasteiger partial charge is 0.462 e. The fourth-order valence-corrected chi connectivity index (χ4v) is 14.5. The van der Waals surface area contributed by atoms with Crippen molar-refractivity contribution in [3.05, 3.63) is 0 Å². The number of phosphoric acid groups is 2. The molecular weight excluding hydrogens is 1340 g/mol. The largest absolute Gasteiger partial charge is 0.472 e. The summed E-state index contributed by atoms with van der Waals surface area (Å²) in [5.41, 5.74) is 0. The highest BCUT2D eigenvalue weighted by molar-refractivity contribution is 7.47. The first-order valence-electron chi connectivity index (χ1n) is 43.2. The molecule has 103 heavy (non-hydrogen) atoms. The molecule has 0 saturated carbocycles. The highest BCUT2D eigenvalue weighted by atomic mass is 31.2. The molecule has 3 N–H and O–H groups in total. The second kappa shape index (κ2) is 72.9. The lowest BCUT2D eigenvalue weighted by atomic mass is 9.99. The van der Waals surface area contributed by atoms with E-state index in [1.807, 2.05) is 0 Å². The number of phosphoric ester groups is 2. The maximum absolute atomic E-state index is 13.1. The predicted molar refractivity (Wildman–Crippen MR) is 423 cm³/mol. The monoisotopic (exact) mass is 1510 g/mol. The lowest BCUT2D eigenvalue weighted by molar-refractivity contribution is -0.161. The Bertz CT molecular complexity index is 2010. The Hall–Kier alpha value is -1.94. The van der Waals surface area contributed by atoms with Crippen LogP contribution in [0.5, 0.6) is 0 Å². The summed E-state index contributed by atoms with van der Waals surface area (Å²) in [4.78, 5) is 73.1. The van der Waals surface area contributed by atoms with E-state index in [1.54, 1.807) is 0 Å². The zero-order valence-corrected chi connectivity index (χ0v) is 69.7. The van der Waals surface area contributed by atoms with Crippen LogP contribution in [0, 0.1) is 23.7 Å². The Morgan fingerprint density at radius 3 is 0.689 bits per heavy atom. The molecule has 0 heterocycles. The summed E-state index contributed by atoms with van der Waals surface area (Å²) in [6.45, 7) is 14.3. The number of ether oxygens (including phenoxy) is 4. The van der Waals surface area contributed by atoms with E-state index in [0.717, 1.165) is 114 Å². The number of carbonyl (C=O) groups excluding carboxylic acids is 4. The number of aliphatic hydroxyl groups is 1. The van der Waals surface area contributed by atoms with Gasteiger partial charge in [-0.15, -0.1) is 0 Å².